The summed E-state index contributed by atoms with van der Waals surface area (Å²) in [5.74, 6) is 0.702. The molecule has 0 aliphatic heterocycles. The number of hydrogen-bond donors (Lipinski definition) is 1. The van der Waals surface area contributed by atoms with Gasteiger partial charge in [0.2, 0.25) is 0 Å². The number of aromatic nitrogens is 2. The van der Waals surface area contributed by atoms with Gasteiger partial charge in [0.1, 0.15) is 18.0 Å². The Morgan fingerprint density at radius 2 is 2.14 bits per heavy atom. The number of aryl methyl sites for hydroxylation is 1. The number of rotatable bonds is 4. The van der Waals surface area contributed by atoms with Gasteiger partial charge in [-0.25, -0.2) is 4.98 Å². The molecule has 0 aliphatic rings. The van der Waals surface area contributed by atoms with Gasteiger partial charge in [0, 0.05) is 18.0 Å². The monoisotopic (exact) mass is 282 g/mol. The Hall–Kier alpha value is -2.33. The first-order valence-corrected chi connectivity index (χ1v) is 6.97. The van der Waals surface area contributed by atoms with Gasteiger partial charge in [-0.1, -0.05) is 17.7 Å². The van der Waals surface area contributed by atoms with Crippen molar-refractivity contribution in [2.24, 2.45) is 0 Å². The van der Waals surface area contributed by atoms with Gasteiger partial charge >= 0.3 is 0 Å². The molecule has 0 saturated heterocycles. The highest BCUT2D eigenvalue weighted by molar-refractivity contribution is 5.40. The minimum absolute atomic E-state index is 0.379. The molecule has 3 rings (SSSR count). The lowest BCUT2D eigenvalue weighted by atomic mass is 10.1. The first-order chi connectivity index (χ1) is 10.1. The maximum Gasteiger partial charge on any atom is 0.137 e. The molecule has 0 fully saturated rings. The van der Waals surface area contributed by atoms with Gasteiger partial charge in [-0.15, -0.1) is 0 Å². The van der Waals surface area contributed by atoms with Crippen LogP contribution in [0.25, 0.3) is 5.65 Å². The van der Waals surface area contributed by atoms with Crippen LogP contribution in [-0.2, 0) is 6.61 Å². The van der Waals surface area contributed by atoms with Crippen LogP contribution >= 0.6 is 0 Å². The lowest BCUT2D eigenvalue weighted by Crippen LogP contribution is -2.01. The van der Waals surface area contributed by atoms with Crippen LogP contribution in [0.15, 0.2) is 48.8 Å². The maximum absolute atomic E-state index is 9.84. The summed E-state index contributed by atoms with van der Waals surface area (Å²) >= 11 is 0. The summed E-state index contributed by atoms with van der Waals surface area (Å²) in [6.45, 7) is 4.12. The summed E-state index contributed by atoms with van der Waals surface area (Å²) in [5, 5.41) is 9.84. The van der Waals surface area contributed by atoms with Crippen molar-refractivity contribution in [3.05, 3.63) is 65.6 Å². The van der Waals surface area contributed by atoms with Crippen molar-refractivity contribution in [2.75, 3.05) is 0 Å². The Morgan fingerprint density at radius 3 is 2.90 bits per heavy atom. The quantitative estimate of drug-likeness (QED) is 0.799. The van der Waals surface area contributed by atoms with E-state index < -0.39 is 6.10 Å². The topological polar surface area (TPSA) is 46.8 Å². The van der Waals surface area contributed by atoms with Crippen LogP contribution in [0.2, 0.25) is 0 Å². The third kappa shape index (κ3) is 2.90. The number of fused-ring (bicyclic) bond motifs is 1. The Kier molecular flexibility index (Phi) is 3.62. The van der Waals surface area contributed by atoms with Crippen molar-refractivity contribution >= 4 is 5.65 Å². The van der Waals surface area contributed by atoms with Crippen molar-refractivity contribution in [2.45, 2.75) is 26.6 Å². The standard InChI is InChI=1S/C17H18N2O2/c1-12-6-7-16(15(9-12)13(2)20)21-11-14-10-19-8-4-3-5-17(19)18-14/h3-10,13,20H,11H2,1-2H3/t13-/m1/s1. The average molecular weight is 282 g/mol. The van der Waals surface area contributed by atoms with Gasteiger partial charge in [-0.05, 0) is 38.1 Å². The molecule has 21 heavy (non-hydrogen) atoms. The van der Waals surface area contributed by atoms with Crippen molar-refractivity contribution in [1.29, 1.82) is 0 Å². The third-order valence-electron chi connectivity index (χ3n) is 3.40. The second-order valence-corrected chi connectivity index (χ2v) is 5.20. The lowest BCUT2D eigenvalue weighted by molar-refractivity contribution is 0.189. The molecule has 1 atom stereocenters. The number of ether oxygens (including phenoxy) is 1. The second-order valence-electron chi connectivity index (χ2n) is 5.20. The predicted octanol–water partition coefficient (Wildman–Crippen LogP) is 3.28. The van der Waals surface area contributed by atoms with Gasteiger partial charge in [-0.2, -0.15) is 0 Å². The Labute approximate surface area is 123 Å². The summed E-state index contributed by atoms with van der Waals surface area (Å²) in [6, 6.07) is 11.7. The SMILES string of the molecule is Cc1ccc(OCc2cn3ccccc3n2)c([C@@H](C)O)c1. The van der Waals surface area contributed by atoms with Crippen molar-refractivity contribution in [3.8, 4) is 5.75 Å². The highest BCUT2D eigenvalue weighted by Crippen LogP contribution is 2.26. The third-order valence-corrected chi connectivity index (χ3v) is 3.40. The molecule has 4 heteroatoms. The van der Waals surface area contributed by atoms with Crippen molar-refractivity contribution in [3.63, 3.8) is 0 Å². The van der Waals surface area contributed by atoms with E-state index in [1.54, 1.807) is 6.92 Å². The molecular formula is C17H18N2O2. The lowest BCUT2D eigenvalue weighted by Gasteiger charge is -2.13. The molecule has 0 amide bonds. The summed E-state index contributed by atoms with van der Waals surface area (Å²) in [5.41, 5.74) is 3.67. The number of imidazole rings is 1. The van der Waals surface area contributed by atoms with Crippen LogP contribution in [0.3, 0.4) is 0 Å². The summed E-state index contributed by atoms with van der Waals surface area (Å²) < 4.78 is 7.79. The molecule has 0 saturated carbocycles. The molecule has 1 aromatic carbocycles. The Morgan fingerprint density at radius 1 is 1.29 bits per heavy atom. The zero-order chi connectivity index (χ0) is 14.8. The molecule has 0 spiro atoms. The van der Waals surface area contributed by atoms with Gasteiger partial charge in [-0.3, -0.25) is 0 Å². The minimum Gasteiger partial charge on any atom is -0.487 e. The highest BCUT2D eigenvalue weighted by Gasteiger charge is 2.10. The molecule has 4 nitrogen and oxygen atoms in total. The second kappa shape index (κ2) is 5.58. The zero-order valence-corrected chi connectivity index (χ0v) is 12.2. The van der Waals surface area contributed by atoms with Gasteiger partial charge < -0.3 is 14.2 Å². The maximum atomic E-state index is 9.84. The molecular weight excluding hydrogens is 264 g/mol. The summed E-state index contributed by atoms with van der Waals surface area (Å²) in [6.07, 6.45) is 3.35. The molecule has 0 aliphatic carbocycles. The first-order valence-electron chi connectivity index (χ1n) is 6.97. The fourth-order valence-electron chi connectivity index (χ4n) is 2.33. The number of pyridine rings is 1. The van der Waals surface area contributed by atoms with Crippen molar-refractivity contribution < 1.29 is 9.84 Å². The molecule has 0 bridgehead atoms. The normalized spacial score (nSPS) is 12.5. The number of aliphatic hydroxyl groups is 1. The van der Waals surface area contributed by atoms with E-state index in [2.05, 4.69) is 4.98 Å². The van der Waals surface area contributed by atoms with Crippen molar-refractivity contribution in [1.82, 2.24) is 9.38 Å². The first kappa shape index (κ1) is 13.6. The molecule has 0 radical (unpaired) electrons. The molecule has 3 aromatic rings. The fraction of sp³-hybridized carbons (Fsp3) is 0.235. The minimum atomic E-state index is -0.555. The zero-order valence-electron chi connectivity index (χ0n) is 12.2. The number of hydrogen-bond acceptors (Lipinski definition) is 3. The fourth-order valence-corrected chi connectivity index (χ4v) is 2.33. The van der Waals surface area contributed by atoms with Crippen LogP contribution < -0.4 is 4.74 Å². The number of benzene rings is 1. The Bertz CT molecular complexity index is 729. The van der Waals surface area contributed by atoms with E-state index in [9.17, 15) is 5.11 Å². The summed E-state index contributed by atoms with van der Waals surface area (Å²) in [7, 11) is 0. The average Bonchev–Trinajstić information content (AvgIpc) is 2.88. The van der Waals surface area contributed by atoms with Gasteiger partial charge in [0.25, 0.3) is 0 Å². The number of nitrogens with zero attached hydrogens (tertiary/aromatic N) is 2. The smallest absolute Gasteiger partial charge is 0.137 e. The van der Waals surface area contributed by atoms with E-state index in [0.717, 1.165) is 22.5 Å². The van der Waals surface area contributed by atoms with Gasteiger partial charge in [0.15, 0.2) is 0 Å². The van der Waals surface area contributed by atoms with E-state index in [0.29, 0.717) is 12.4 Å². The largest absolute Gasteiger partial charge is 0.487 e. The van der Waals surface area contributed by atoms with Gasteiger partial charge in [0.05, 0.1) is 11.8 Å². The molecule has 2 aromatic heterocycles. The van der Waals surface area contributed by atoms with E-state index in [4.69, 9.17) is 4.74 Å². The highest BCUT2D eigenvalue weighted by atomic mass is 16.5. The molecule has 1 N–H and O–H groups in total. The molecule has 2 heterocycles. The van der Waals surface area contributed by atoms with E-state index in [1.165, 1.54) is 0 Å². The summed E-state index contributed by atoms with van der Waals surface area (Å²) in [4.78, 5) is 4.50. The van der Waals surface area contributed by atoms with Crippen LogP contribution in [0.5, 0.6) is 5.75 Å². The van der Waals surface area contributed by atoms with E-state index >= 15 is 0 Å². The van der Waals surface area contributed by atoms with Crippen LogP contribution in [-0.4, -0.2) is 14.5 Å². The Balaban J connectivity index is 1.81. The number of aliphatic hydroxyl groups excluding tert-OH is 1. The van der Waals surface area contributed by atoms with Crippen LogP contribution in [0, 0.1) is 6.92 Å². The van der Waals surface area contributed by atoms with E-state index in [-0.39, 0.29) is 0 Å². The molecule has 0 unspecified atom stereocenters. The molecule has 108 valence electrons. The van der Waals surface area contributed by atoms with Crippen LogP contribution in [0.1, 0.15) is 29.8 Å². The predicted molar refractivity (Wildman–Crippen MR) is 81.3 cm³/mol. The van der Waals surface area contributed by atoms with E-state index in [1.807, 2.05) is 60.1 Å². The van der Waals surface area contributed by atoms with Crippen LogP contribution in [0.4, 0.5) is 0 Å².